The van der Waals surface area contributed by atoms with E-state index in [1.165, 1.54) is 62.3 Å². The Morgan fingerprint density at radius 3 is 0.534 bits per heavy atom. The van der Waals surface area contributed by atoms with E-state index in [4.69, 9.17) is 0 Å². The normalized spacial score (nSPS) is 15.3. The Morgan fingerprint density at radius 2 is 0.448 bits per heavy atom. The molecule has 0 amide bonds. The summed E-state index contributed by atoms with van der Waals surface area (Å²) >= 11 is 0. The predicted octanol–water partition coefficient (Wildman–Crippen LogP) is 8.04. The fourth-order valence-electron chi connectivity index (χ4n) is 2.28. The Kier molecular flexibility index (Phi) is 20.6. The quantitative estimate of drug-likeness (QED) is 0.131. The predicted molar refractivity (Wildman–Crippen MR) is 145 cm³/mol. The summed E-state index contributed by atoms with van der Waals surface area (Å²) in [5, 5.41) is 33.5. The molecule has 0 heterocycles. The summed E-state index contributed by atoms with van der Waals surface area (Å²) in [7, 11) is 0. The van der Waals surface area contributed by atoms with Gasteiger partial charge in [0.15, 0.2) is 0 Å². The Labute approximate surface area is 352 Å². The molecule has 6 nitrogen and oxygen atoms in total. The first kappa shape index (κ1) is 62.3. The summed E-state index contributed by atoms with van der Waals surface area (Å²) < 4.78 is 258. The first-order valence-corrected chi connectivity index (χ1v) is 14.4. The molecule has 0 saturated heterocycles. The summed E-state index contributed by atoms with van der Waals surface area (Å²) in [5.74, 6) is -50.2. The van der Waals surface area contributed by atoms with Crippen molar-refractivity contribution in [1.29, 1.82) is 0 Å². The van der Waals surface area contributed by atoms with E-state index in [9.17, 15) is 122 Å². The van der Waals surface area contributed by atoms with Gasteiger partial charge in [-0.1, -0.05) is 62.3 Å². The molecule has 0 aromatic rings. The van der Waals surface area contributed by atoms with Crippen LogP contribution in [0, 0.1) is 63.2 Å². The number of carbonyl (C=O) groups excluding carboxylic acids is 3. The van der Waals surface area contributed by atoms with E-state index in [1.807, 2.05) is 0 Å². The Morgan fingerprint density at radius 1 is 0.328 bits per heavy atom. The summed E-state index contributed by atoms with van der Waals surface area (Å²) in [6.07, 6.45) is -21.1. The fourth-order valence-corrected chi connectivity index (χ4v) is 2.28. The minimum absolute atomic E-state index is 0. The van der Waals surface area contributed by atoms with Crippen LogP contribution in [0.15, 0.2) is 35.5 Å². The maximum Gasteiger partial charge on any atom is 3.00 e. The zero-order valence-corrected chi connectivity index (χ0v) is 32.1. The van der Waals surface area contributed by atoms with Gasteiger partial charge < -0.3 is 15.3 Å². The molecule has 0 bridgehead atoms. The van der Waals surface area contributed by atoms with Crippen molar-refractivity contribution in [1.82, 2.24) is 0 Å². The zero-order chi connectivity index (χ0) is 47.6. The average Bonchev–Trinajstić information content (AvgIpc) is 2.93. The summed E-state index contributed by atoms with van der Waals surface area (Å²) in [4.78, 5) is 32.4. The van der Waals surface area contributed by atoms with Crippen molar-refractivity contribution in [3.05, 3.63) is 35.5 Å². The number of alkyl halides is 21. The third-order valence-corrected chi connectivity index (χ3v) is 6.18. The molecule has 0 atom stereocenters. The SMILES string of the molecule is CC(C)(C)/C([O-])=C/C(=O)C(F)(F)C(F)(F)C(F)(F)F.CC(C)(C)/C([O-])=C/C(=O)C(F)(F)C(F)(F)C(F)(F)F.CC(C)(C)/C([O-])=C/C(=O)C(F)(F)C(F)(F)C(F)(F)F.[Yb+3]. The zero-order valence-electron chi connectivity index (χ0n) is 30.4. The van der Waals surface area contributed by atoms with E-state index in [2.05, 4.69) is 0 Å². The van der Waals surface area contributed by atoms with E-state index in [0.717, 1.165) is 0 Å². The summed E-state index contributed by atoms with van der Waals surface area (Å²) in [5.41, 5.74) is -4.09. The Bertz CT molecular complexity index is 1350. The third kappa shape index (κ3) is 15.0. The molecule has 0 unspecified atom stereocenters. The fraction of sp³-hybridized carbons (Fsp3) is 0.700. The van der Waals surface area contributed by atoms with E-state index >= 15 is 0 Å². The molecule has 0 fully saturated rings. The average molecular weight is 1060 g/mol. The van der Waals surface area contributed by atoms with Crippen LogP contribution < -0.4 is 15.3 Å². The van der Waals surface area contributed by atoms with Crippen LogP contribution in [-0.2, 0) is 14.4 Å². The number of hydrogen-bond acceptors (Lipinski definition) is 6. The molecule has 0 aliphatic heterocycles. The van der Waals surface area contributed by atoms with Gasteiger partial charge in [0, 0.05) is 0 Å². The monoisotopic (exact) mass is 1060 g/mol. The van der Waals surface area contributed by atoms with Crippen LogP contribution in [-0.4, -0.2) is 71.4 Å². The molecule has 0 N–H and O–H groups in total. The van der Waals surface area contributed by atoms with Crippen molar-refractivity contribution in [3.63, 3.8) is 0 Å². The second kappa shape index (κ2) is 19.2. The van der Waals surface area contributed by atoms with Crippen LogP contribution in [0.4, 0.5) is 92.2 Å². The molecule has 58 heavy (non-hydrogen) atoms. The van der Waals surface area contributed by atoms with E-state index in [1.54, 1.807) is 0 Å². The molecule has 0 aliphatic rings. The number of ketones is 3. The Balaban J connectivity index is -0.000000374. The summed E-state index contributed by atoms with van der Waals surface area (Å²) in [6.45, 7) is 10.6. The second-order valence-electron chi connectivity index (χ2n) is 14.3. The van der Waals surface area contributed by atoms with Crippen LogP contribution in [0.5, 0.6) is 0 Å². The third-order valence-electron chi connectivity index (χ3n) is 6.18. The van der Waals surface area contributed by atoms with Gasteiger partial charge in [-0.25, -0.2) is 0 Å². The van der Waals surface area contributed by atoms with Gasteiger partial charge in [0.2, 0.25) is 17.3 Å². The van der Waals surface area contributed by atoms with Gasteiger partial charge in [0.05, 0.1) is 0 Å². The number of rotatable bonds is 9. The second-order valence-corrected chi connectivity index (χ2v) is 14.3. The van der Waals surface area contributed by atoms with Gasteiger partial charge in [-0.15, -0.1) is 17.3 Å². The summed E-state index contributed by atoms with van der Waals surface area (Å²) in [6, 6.07) is 0. The number of halogens is 21. The van der Waals surface area contributed by atoms with E-state index in [0.29, 0.717) is 0 Å². The van der Waals surface area contributed by atoms with Crippen LogP contribution in [0.2, 0.25) is 0 Å². The minimum atomic E-state index is -6.61. The van der Waals surface area contributed by atoms with Gasteiger partial charge in [-0.05, 0) is 34.5 Å². The molecule has 0 aromatic heterocycles. The van der Waals surface area contributed by atoms with Gasteiger partial charge in [0.1, 0.15) is 0 Å². The molecule has 347 valence electrons. The molecule has 28 heteroatoms. The van der Waals surface area contributed by atoms with Crippen LogP contribution >= 0.6 is 0 Å². The van der Waals surface area contributed by atoms with Crippen LogP contribution in [0.1, 0.15) is 62.3 Å². The topological polar surface area (TPSA) is 120 Å². The minimum Gasteiger partial charge on any atom is -0.875 e. The first-order valence-electron chi connectivity index (χ1n) is 14.4. The molecular formula is C30H30F21O6Yb. The number of carbonyl (C=O) groups is 3. The van der Waals surface area contributed by atoms with Crippen molar-refractivity contribution in [2.75, 3.05) is 0 Å². The molecule has 0 aromatic carbocycles. The van der Waals surface area contributed by atoms with Crippen molar-refractivity contribution in [3.8, 4) is 0 Å². The molecule has 0 aliphatic carbocycles. The maximum absolute atomic E-state index is 12.8. The van der Waals surface area contributed by atoms with E-state index < -0.39 is 123 Å². The molecule has 1 radical (unpaired) electrons. The Hall–Kier alpha value is -2.32. The maximum atomic E-state index is 12.8. The van der Waals surface area contributed by atoms with Gasteiger partial charge in [0.25, 0.3) is 0 Å². The van der Waals surface area contributed by atoms with Crippen molar-refractivity contribution in [2.45, 2.75) is 116 Å². The molecular weight excluding hydrogens is 1030 g/mol. The number of allylic oxidation sites excluding steroid dienone is 6. The smallest absolute Gasteiger partial charge is 0.875 e. The van der Waals surface area contributed by atoms with Crippen molar-refractivity contribution < 1.29 is 169 Å². The van der Waals surface area contributed by atoms with Crippen LogP contribution in [0.25, 0.3) is 0 Å². The van der Waals surface area contributed by atoms with Gasteiger partial charge in [-0.3, -0.25) is 14.4 Å². The molecule has 0 rings (SSSR count). The van der Waals surface area contributed by atoms with Crippen molar-refractivity contribution in [2.24, 2.45) is 16.2 Å². The largest absolute Gasteiger partial charge is 3.00 e. The standard InChI is InChI=1S/3C10H11F7O2.Yb/c3*1-7(2,3)5(18)4-6(19)8(11,12)9(13,14)10(15,16)17;/h3*4,18H,1-3H3;/q;;;+3/p-3/b3*5-4-;. The molecule has 0 saturated carbocycles. The van der Waals surface area contributed by atoms with Crippen LogP contribution in [0.3, 0.4) is 0 Å². The van der Waals surface area contributed by atoms with Gasteiger partial charge in [-0.2, -0.15) is 92.2 Å². The first-order chi connectivity index (χ1) is 24.1. The number of hydrogen-bond donors (Lipinski definition) is 0. The van der Waals surface area contributed by atoms with Crippen molar-refractivity contribution >= 4 is 17.3 Å². The van der Waals surface area contributed by atoms with E-state index in [-0.39, 0.29) is 46.9 Å². The molecule has 0 spiro atoms. The van der Waals surface area contributed by atoms with Gasteiger partial charge >= 0.3 is 101 Å².